The van der Waals surface area contributed by atoms with Crippen LogP contribution in [0.3, 0.4) is 0 Å². The summed E-state index contributed by atoms with van der Waals surface area (Å²) in [5, 5.41) is 17.1. The van der Waals surface area contributed by atoms with Crippen LogP contribution in [-0.4, -0.2) is 43.6 Å². The number of carbonyl (C=O) groups is 2. The molecule has 0 atom stereocenters. The van der Waals surface area contributed by atoms with Gasteiger partial charge in [0.2, 0.25) is 0 Å². The molecule has 1 aliphatic rings. The van der Waals surface area contributed by atoms with Crippen LogP contribution in [-0.2, 0) is 11.3 Å². The fourth-order valence-corrected chi connectivity index (χ4v) is 4.31. The first-order valence-electron chi connectivity index (χ1n) is 11.0. The first-order chi connectivity index (χ1) is 16.9. The number of aromatic amines is 1. The molecule has 3 heterocycles. The van der Waals surface area contributed by atoms with Crippen LogP contribution in [0, 0.1) is 19.7 Å². The fraction of sp³-hybridized carbons (Fsp3) is 0.160. The molecule has 2 aromatic heterocycles. The Kier molecular flexibility index (Phi) is 5.69. The van der Waals surface area contributed by atoms with Gasteiger partial charge < -0.3 is 15.6 Å². The second-order valence-electron chi connectivity index (χ2n) is 8.20. The van der Waals surface area contributed by atoms with E-state index >= 15 is 0 Å². The zero-order valence-electron chi connectivity index (χ0n) is 19.1. The van der Waals surface area contributed by atoms with Gasteiger partial charge in [0, 0.05) is 29.2 Å². The van der Waals surface area contributed by atoms with E-state index < -0.39 is 0 Å². The number of aryl methyl sites for hydroxylation is 1. The molecule has 0 saturated heterocycles. The molecule has 176 valence electrons. The lowest BCUT2D eigenvalue weighted by Crippen LogP contribution is -2.28. The van der Waals surface area contributed by atoms with Crippen molar-refractivity contribution in [1.29, 1.82) is 0 Å². The number of fused-ring (bicyclic) bond motifs is 1. The first kappa shape index (κ1) is 22.2. The van der Waals surface area contributed by atoms with E-state index in [2.05, 4.69) is 31.0 Å². The third kappa shape index (κ3) is 4.21. The number of nitrogens with zero attached hydrogens (tertiary/aromatic N) is 4. The van der Waals surface area contributed by atoms with Crippen LogP contribution < -0.4 is 10.6 Å². The summed E-state index contributed by atoms with van der Waals surface area (Å²) >= 11 is 0. The number of aromatic nitrogens is 5. The van der Waals surface area contributed by atoms with E-state index in [1.165, 1.54) is 23.3 Å². The van der Waals surface area contributed by atoms with Crippen molar-refractivity contribution in [3.8, 4) is 11.1 Å². The average Bonchev–Trinajstić information content (AvgIpc) is 3.53. The molecule has 1 aliphatic heterocycles. The van der Waals surface area contributed by atoms with Crippen molar-refractivity contribution >= 4 is 29.2 Å². The monoisotopic (exact) mass is 471 g/mol. The van der Waals surface area contributed by atoms with Gasteiger partial charge in [-0.05, 0) is 60.0 Å². The van der Waals surface area contributed by atoms with Gasteiger partial charge in [0.15, 0.2) is 6.33 Å². The maximum Gasteiger partial charge on any atom is 0.256 e. The zero-order valence-corrected chi connectivity index (χ0v) is 19.1. The van der Waals surface area contributed by atoms with Crippen LogP contribution in [0.2, 0.25) is 0 Å². The number of halogens is 1. The van der Waals surface area contributed by atoms with E-state index in [9.17, 15) is 14.0 Å². The number of hydrogen-bond acceptors (Lipinski definition) is 5. The Morgan fingerprint density at radius 1 is 1.17 bits per heavy atom. The second kappa shape index (κ2) is 8.98. The standard InChI is InChI=1S/C25H22FN7O2/c1-14-21(30-15(2)22(14)25(35)27-10-11-33-29-13-28-32-33)12-19-23-18(16-6-8-17(26)9-7-16)4-3-5-20(23)31-24(19)34/h3-9,12-13,30H,10-11H2,1-2H3,(H,27,35)(H,31,34). The summed E-state index contributed by atoms with van der Waals surface area (Å²) in [6, 6.07) is 11.7. The molecule has 0 unspecified atom stereocenters. The van der Waals surface area contributed by atoms with Crippen LogP contribution in [0.15, 0.2) is 48.8 Å². The number of benzene rings is 2. The number of amides is 2. The zero-order chi connectivity index (χ0) is 24.5. The molecule has 2 aromatic carbocycles. The topological polar surface area (TPSA) is 118 Å². The average molecular weight is 471 g/mol. The van der Waals surface area contributed by atoms with Crippen molar-refractivity contribution in [2.24, 2.45) is 0 Å². The van der Waals surface area contributed by atoms with Crippen LogP contribution in [0.5, 0.6) is 0 Å². The quantitative estimate of drug-likeness (QED) is 0.373. The van der Waals surface area contributed by atoms with Gasteiger partial charge in [-0.25, -0.2) is 4.39 Å². The Balaban J connectivity index is 1.47. The maximum atomic E-state index is 13.5. The Hall–Kier alpha value is -4.60. The molecule has 0 saturated carbocycles. The third-order valence-corrected chi connectivity index (χ3v) is 5.96. The molecule has 0 spiro atoms. The maximum absolute atomic E-state index is 13.5. The summed E-state index contributed by atoms with van der Waals surface area (Å²) in [5.41, 5.74) is 6.10. The van der Waals surface area contributed by atoms with Gasteiger partial charge in [0.25, 0.3) is 11.8 Å². The number of anilines is 1. The molecule has 0 bridgehead atoms. The summed E-state index contributed by atoms with van der Waals surface area (Å²) in [5.74, 6) is -0.802. The smallest absolute Gasteiger partial charge is 0.256 e. The van der Waals surface area contributed by atoms with Gasteiger partial charge in [-0.1, -0.05) is 24.3 Å². The van der Waals surface area contributed by atoms with Crippen LogP contribution in [0.25, 0.3) is 22.8 Å². The normalized spacial score (nSPS) is 13.7. The lowest BCUT2D eigenvalue weighted by molar-refractivity contribution is -0.110. The highest BCUT2D eigenvalue weighted by molar-refractivity contribution is 6.36. The summed E-state index contributed by atoms with van der Waals surface area (Å²) in [4.78, 5) is 30.4. The Morgan fingerprint density at radius 2 is 1.97 bits per heavy atom. The minimum atomic E-state index is -0.327. The van der Waals surface area contributed by atoms with Crippen LogP contribution in [0.4, 0.5) is 10.1 Å². The van der Waals surface area contributed by atoms with Crippen molar-refractivity contribution < 1.29 is 14.0 Å². The summed E-state index contributed by atoms with van der Waals surface area (Å²) < 4.78 is 13.5. The van der Waals surface area contributed by atoms with E-state index in [4.69, 9.17) is 0 Å². The van der Waals surface area contributed by atoms with E-state index in [1.54, 1.807) is 18.2 Å². The van der Waals surface area contributed by atoms with Gasteiger partial charge >= 0.3 is 0 Å². The lowest BCUT2D eigenvalue weighted by atomic mass is 9.94. The molecule has 9 nitrogen and oxygen atoms in total. The predicted octanol–water partition coefficient (Wildman–Crippen LogP) is 3.35. The highest BCUT2D eigenvalue weighted by atomic mass is 19.1. The number of rotatable bonds is 6. The van der Waals surface area contributed by atoms with Crippen molar-refractivity contribution in [2.45, 2.75) is 20.4 Å². The molecule has 3 N–H and O–H groups in total. The van der Waals surface area contributed by atoms with Crippen molar-refractivity contribution in [1.82, 2.24) is 30.5 Å². The van der Waals surface area contributed by atoms with E-state index in [0.717, 1.165) is 22.3 Å². The van der Waals surface area contributed by atoms with Crippen LogP contribution >= 0.6 is 0 Å². The number of carbonyl (C=O) groups excluding carboxylic acids is 2. The lowest BCUT2D eigenvalue weighted by Gasteiger charge is -2.09. The number of nitrogens with one attached hydrogen (secondary N) is 3. The van der Waals surface area contributed by atoms with Crippen molar-refractivity contribution in [3.05, 3.63) is 82.7 Å². The summed E-state index contributed by atoms with van der Waals surface area (Å²) in [6.45, 7) is 4.39. The largest absolute Gasteiger partial charge is 0.358 e. The molecule has 10 heteroatoms. The minimum Gasteiger partial charge on any atom is -0.358 e. The van der Waals surface area contributed by atoms with E-state index in [-0.39, 0.29) is 17.6 Å². The van der Waals surface area contributed by atoms with E-state index in [1.807, 2.05) is 32.0 Å². The fourth-order valence-electron chi connectivity index (χ4n) is 4.31. The van der Waals surface area contributed by atoms with Gasteiger partial charge in [-0.3, -0.25) is 9.59 Å². The van der Waals surface area contributed by atoms with Gasteiger partial charge in [-0.15, -0.1) is 10.2 Å². The van der Waals surface area contributed by atoms with Gasteiger partial charge in [-0.2, -0.15) is 4.80 Å². The molecule has 0 aliphatic carbocycles. The molecule has 4 aromatic rings. The molecule has 0 fully saturated rings. The highest BCUT2D eigenvalue weighted by Crippen LogP contribution is 2.40. The molecule has 5 rings (SSSR count). The molecular formula is C25H22FN7O2. The summed E-state index contributed by atoms with van der Waals surface area (Å²) in [7, 11) is 0. The SMILES string of the molecule is Cc1[nH]c(C=C2C(=O)Nc3cccc(-c4ccc(F)cc4)c32)c(C)c1C(=O)NCCn1ncnn1. The van der Waals surface area contributed by atoms with Crippen LogP contribution in [0.1, 0.15) is 32.9 Å². The van der Waals surface area contributed by atoms with Crippen molar-refractivity contribution in [3.63, 3.8) is 0 Å². The molecular weight excluding hydrogens is 449 g/mol. The second-order valence-corrected chi connectivity index (χ2v) is 8.20. The molecule has 2 amide bonds. The number of H-pyrrole nitrogens is 1. The summed E-state index contributed by atoms with van der Waals surface area (Å²) in [6.07, 6.45) is 3.09. The van der Waals surface area contributed by atoms with Gasteiger partial charge in [0.1, 0.15) is 5.82 Å². The van der Waals surface area contributed by atoms with Crippen molar-refractivity contribution in [2.75, 3.05) is 11.9 Å². The Morgan fingerprint density at radius 3 is 2.71 bits per heavy atom. The Labute approximate surface area is 200 Å². The molecule has 0 radical (unpaired) electrons. The number of tetrazole rings is 1. The van der Waals surface area contributed by atoms with E-state index in [0.29, 0.717) is 41.3 Å². The molecule has 35 heavy (non-hydrogen) atoms. The first-order valence-corrected chi connectivity index (χ1v) is 11.0. The third-order valence-electron chi connectivity index (χ3n) is 5.96. The number of hydrogen-bond donors (Lipinski definition) is 3. The minimum absolute atomic E-state index is 0.232. The predicted molar refractivity (Wildman–Crippen MR) is 129 cm³/mol. The Bertz CT molecular complexity index is 1450. The highest BCUT2D eigenvalue weighted by Gasteiger charge is 2.28. The van der Waals surface area contributed by atoms with Gasteiger partial charge in [0.05, 0.1) is 17.7 Å².